The summed E-state index contributed by atoms with van der Waals surface area (Å²) in [6.07, 6.45) is 6.72. The molecule has 0 aliphatic carbocycles. The quantitative estimate of drug-likeness (QED) is 0.204. The van der Waals surface area contributed by atoms with Gasteiger partial charge in [-0.25, -0.2) is 0 Å². The van der Waals surface area contributed by atoms with Crippen LogP contribution in [0.2, 0.25) is 6.04 Å². The summed E-state index contributed by atoms with van der Waals surface area (Å²) in [5.41, 5.74) is 0.775. The van der Waals surface area contributed by atoms with Crippen LogP contribution < -0.4 is 5.32 Å². The van der Waals surface area contributed by atoms with Crippen molar-refractivity contribution in [3.63, 3.8) is 0 Å². The minimum Gasteiger partial charge on any atom is -0.400 e. The molecular formula is C18H42N2O4Si. The van der Waals surface area contributed by atoms with Gasteiger partial charge in [0.2, 0.25) is 0 Å². The van der Waals surface area contributed by atoms with Gasteiger partial charge in [-0.15, -0.1) is 0 Å². The summed E-state index contributed by atoms with van der Waals surface area (Å²) in [4.78, 5) is 0. The molecule has 0 aliphatic rings. The van der Waals surface area contributed by atoms with Crippen LogP contribution in [0.3, 0.4) is 0 Å². The van der Waals surface area contributed by atoms with E-state index in [0.29, 0.717) is 19.8 Å². The number of nitrogens with one attached hydrogen (secondary N) is 2. The normalized spacial score (nSPS) is 11.1. The van der Waals surface area contributed by atoms with Gasteiger partial charge in [0.1, 0.15) is 0 Å². The van der Waals surface area contributed by atoms with E-state index in [1.165, 1.54) is 19.3 Å². The highest BCUT2D eigenvalue weighted by atomic mass is 28.4. The highest BCUT2D eigenvalue weighted by molar-refractivity contribution is 6.60. The molecule has 0 fully saturated rings. The number of rotatable bonds is 17. The number of aliphatic hydroxyl groups is 1. The minimum atomic E-state index is -2.43. The molecule has 0 aliphatic heterocycles. The Morgan fingerprint density at radius 2 is 1.32 bits per heavy atom. The van der Waals surface area contributed by atoms with Crippen LogP contribution in [0.5, 0.6) is 0 Å². The Morgan fingerprint density at radius 3 is 1.80 bits per heavy atom. The maximum atomic E-state index is 7.37. The molecule has 0 aromatic carbocycles. The first-order valence-electron chi connectivity index (χ1n) is 9.71. The van der Waals surface area contributed by atoms with Crippen molar-refractivity contribution < 1.29 is 18.4 Å². The Kier molecular flexibility index (Phi) is 21.5. The SMILES string of the molecule is CCO[Si](CCCCCCNCCCC(C)=N)(OCC)OCC.CO. The van der Waals surface area contributed by atoms with Gasteiger partial charge < -0.3 is 29.1 Å². The number of aliphatic hydroxyl groups excluding tert-OH is 1. The molecule has 0 amide bonds. The number of unbranched alkanes of at least 4 members (excludes halogenated alkanes) is 3. The lowest BCUT2D eigenvalue weighted by Gasteiger charge is -2.28. The highest BCUT2D eigenvalue weighted by Gasteiger charge is 2.39. The van der Waals surface area contributed by atoms with Crippen LogP contribution in [-0.2, 0) is 13.3 Å². The van der Waals surface area contributed by atoms with Gasteiger partial charge in [-0.05, 0) is 66.5 Å². The molecule has 152 valence electrons. The average Bonchev–Trinajstić information content (AvgIpc) is 2.59. The average molecular weight is 379 g/mol. The molecule has 0 unspecified atom stereocenters. The predicted octanol–water partition coefficient (Wildman–Crippen LogP) is 3.61. The van der Waals surface area contributed by atoms with Crippen molar-refractivity contribution in [3.8, 4) is 0 Å². The van der Waals surface area contributed by atoms with Crippen molar-refractivity contribution in [2.24, 2.45) is 0 Å². The number of hydrogen-bond donors (Lipinski definition) is 3. The Bertz CT molecular complexity index is 277. The zero-order valence-corrected chi connectivity index (χ0v) is 18.2. The predicted molar refractivity (Wildman–Crippen MR) is 108 cm³/mol. The molecule has 0 bridgehead atoms. The van der Waals surface area contributed by atoms with Crippen LogP contribution in [0.1, 0.15) is 66.2 Å². The summed E-state index contributed by atoms with van der Waals surface area (Å²) in [6.45, 7) is 12.0. The second-order valence-corrected chi connectivity index (χ2v) is 8.51. The molecule has 0 rings (SSSR count). The lowest BCUT2D eigenvalue weighted by molar-refractivity contribution is 0.0706. The second kappa shape index (κ2) is 20.0. The van der Waals surface area contributed by atoms with Crippen LogP contribution in [-0.4, -0.2) is 59.6 Å². The Morgan fingerprint density at radius 1 is 0.840 bits per heavy atom. The summed E-state index contributed by atoms with van der Waals surface area (Å²) in [6, 6.07) is 0.925. The van der Waals surface area contributed by atoms with Crippen LogP contribution in [0, 0.1) is 5.41 Å². The van der Waals surface area contributed by atoms with Gasteiger partial charge in [0, 0.05) is 38.7 Å². The Labute approximate surface area is 156 Å². The lowest BCUT2D eigenvalue weighted by atomic mass is 10.2. The molecule has 0 spiro atoms. The van der Waals surface area contributed by atoms with Gasteiger partial charge in [0.05, 0.1) is 0 Å². The standard InChI is InChI=1S/C17H38N2O3Si.CH4O/c1-5-20-23(21-6-2,22-7-3)16-11-9-8-10-14-19-15-12-13-17(4)18;1-2/h18-19H,5-16H2,1-4H3;2H,1H3. The summed E-state index contributed by atoms with van der Waals surface area (Å²) in [5, 5.41) is 17.8. The molecule has 0 saturated heterocycles. The molecule has 0 aromatic heterocycles. The van der Waals surface area contributed by atoms with E-state index in [1.54, 1.807) is 0 Å². The van der Waals surface area contributed by atoms with Gasteiger partial charge in [-0.1, -0.05) is 12.8 Å². The van der Waals surface area contributed by atoms with Gasteiger partial charge in [0.25, 0.3) is 0 Å². The van der Waals surface area contributed by atoms with Crippen molar-refractivity contribution in [3.05, 3.63) is 0 Å². The largest absolute Gasteiger partial charge is 0.500 e. The third-order valence-electron chi connectivity index (χ3n) is 3.58. The summed E-state index contributed by atoms with van der Waals surface area (Å²) in [5.74, 6) is 0. The minimum absolute atomic E-state index is 0.658. The van der Waals surface area contributed by atoms with Gasteiger partial charge >= 0.3 is 8.80 Å². The van der Waals surface area contributed by atoms with E-state index in [1.807, 2.05) is 27.7 Å². The molecule has 7 heteroatoms. The molecule has 0 atom stereocenters. The van der Waals surface area contributed by atoms with Crippen molar-refractivity contribution in [2.75, 3.05) is 40.0 Å². The van der Waals surface area contributed by atoms with Crippen molar-refractivity contribution in [1.29, 1.82) is 5.41 Å². The number of hydrogen-bond acceptors (Lipinski definition) is 6. The summed E-state index contributed by atoms with van der Waals surface area (Å²) < 4.78 is 17.6. The third-order valence-corrected chi connectivity index (χ3v) is 6.74. The topological polar surface area (TPSA) is 83.8 Å². The first-order valence-corrected chi connectivity index (χ1v) is 11.6. The van der Waals surface area contributed by atoms with Gasteiger partial charge in [-0.3, -0.25) is 0 Å². The zero-order valence-electron chi connectivity index (χ0n) is 17.2. The molecule has 0 heterocycles. The summed E-state index contributed by atoms with van der Waals surface area (Å²) >= 11 is 0. The zero-order chi connectivity index (χ0) is 19.4. The van der Waals surface area contributed by atoms with E-state index < -0.39 is 8.80 Å². The fourth-order valence-corrected chi connectivity index (χ4v) is 5.24. The maximum Gasteiger partial charge on any atom is 0.500 e. The Balaban J connectivity index is 0. The molecule has 3 N–H and O–H groups in total. The van der Waals surface area contributed by atoms with Crippen molar-refractivity contribution in [2.45, 2.75) is 72.3 Å². The molecule has 0 radical (unpaired) electrons. The second-order valence-electron chi connectivity index (χ2n) is 5.78. The van der Waals surface area contributed by atoms with Crippen LogP contribution in [0.25, 0.3) is 0 Å². The molecule has 25 heavy (non-hydrogen) atoms. The van der Waals surface area contributed by atoms with E-state index >= 15 is 0 Å². The molecule has 0 saturated carbocycles. The smallest absolute Gasteiger partial charge is 0.400 e. The first kappa shape index (κ1) is 26.9. The fourth-order valence-electron chi connectivity index (χ4n) is 2.55. The van der Waals surface area contributed by atoms with Gasteiger partial charge in [-0.2, -0.15) is 0 Å². The van der Waals surface area contributed by atoms with E-state index in [-0.39, 0.29) is 0 Å². The lowest BCUT2D eigenvalue weighted by Crippen LogP contribution is -2.45. The van der Waals surface area contributed by atoms with Gasteiger partial charge in [0.15, 0.2) is 0 Å². The first-order chi connectivity index (χ1) is 12.1. The van der Waals surface area contributed by atoms with Crippen LogP contribution in [0.15, 0.2) is 0 Å². The molecular weight excluding hydrogens is 336 g/mol. The van der Waals surface area contributed by atoms with Crippen molar-refractivity contribution in [1.82, 2.24) is 5.32 Å². The maximum absolute atomic E-state index is 7.37. The van der Waals surface area contributed by atoms with Crippen LogP contribution in [0.4, 0.5) is 0 Å². The monoisotopic (exact) mass is 378 g/mol. The van der Waals surface area contributed by atoms with E-state index in [9.17, 15) is 0 Å². The Hall–Kier alpha value is -0.313. The summed E-state index contributed by atoms with van der Waals surface area (Å²) in [7, 11) is -1.43. The van der Waals surface area contributed by atoms with E-state index in [0.717, 1.165) is 51.2 Å². The van der Waals surface area contributed by atoms with Crippen molar-refractivity contribution >= 4 is 14.5 Å². The third kappa shape index (κ3) is 16.9. The molecule has 6 nitrogen and oxygen atoms in total. The molecule has 0 aromatic rings. The fraction of sp³-hybridized carbons (Fsp3) is 0.944. The van der Waals surface area contributed by atoms with E-state index in [4.69, 9.17) is 23.8 Å². The van der Waals surface area contributed by atoms with E-state index in [2.05, 4.69) is 5.32 Å². The van der Waals surface area contributed by atoms with Crippen LogP contribution >= 0.6 is 0 Å². The highest BCUT2D eigenvalue weighted by Crippen LogP contribution is 2.20.